The maximum absolute atomic E-state index is 12.7. The molecule has 1 N–H and O–H groups in total. The van der Waals surface area contributed by atoms with Crippen LogP contribution >= 0.6 is 11.3 Å². The second-order valence-electron chi connectivity index (χ2n) is 6.25. The van der Waals surface area contributed by atoms with Crippen molar-refractivity contribution in [3.8, 4) is 0 Å². The van der Waals surface area contributed by atoms with Gasteiger partial charge in [-0.2, -0.15) is 10.2 Å². The predicted octanol–water partition coefficient (Wildman–Crippen LogP) is 3.80. The molecule has 0 fully saturated rings. The molecule has 0 bridgehead atoms. The van der Waals surface area contributed by atoms with Crippen molar-refractivity contribution in [2.45, 2.75) is 39.7 Å². The second kappa shape index (κ2) is 8.73. The molecule has 0 aliphatic carbocycles. The summed E-state index contributed by atoms with van der Waals surface area (Å²) in [7, 11) is 0. The van der Waals surface area contributed by atoms with Crippen molar-refractivity contribution >= 4 is 33.7 Å². The number of carbonyl (C=O) groups is 1. The molecule has 0 unspecified atom stereocenters. The van der Waals surface area contributed by atoms with Crippen LogP contribution in [-0.2, 0) is 6.54 Å². The number of benzene rings is 1. The van der Waals surface area contributed by atoms with Gasteiger partial charge in [-0.05, 0) is 30.9 Å². The zero-order chi connectivity index (χ0) is 19.2. The normalized spacial score (nSPS) is 11.7. The standard InChI is InChI=1S/C20H22N4O2S/c1-3-4-7-12-24-20(26)16-10-6-5-9-15(16)18(23-24)19(25)22-21-14(2)17-11-8-13-27-17/h5-6,8-11,13H,3-4,7,12H2,1-2H3,(H,22,25)/b21-14-. The maximum atomic E-state index is 12.7. The Morgan fingerprint density at radius 1 is 1.19 bits per heavy atom. The largest absolute Gasteiger partial charge is 0.292 e. The van der Waals surface area contributed by atoms with E-state index in [0.717, 1.165) is 29.9 Å². The number of nitrogens with one attached hydrogen (secondary N) is 1. The second-order valence-corrected chi connectivity index (χ2v) is 7.19. The van der Waals surface area contributed by atoms with Gasteiger partial charge in [-0.15, -0.1) is 11.3 Å². The maximum Gasteiger partial charge on any atom is 0.292 e. The molecule has 1 aromatic carbocycles. The Balaban J connectivity index is 1.94. The molecule has 2 aromatic heterocycles. The van der Waals surface area contributed by atoms with Gasteiger partial charge in [0.05, 0.1) is 11.1 Å². The van der Waals surface area contributed by atoms with Crippen LogP contribution in [0.25, 0.3) is 10.8 Å². The lowest BCUT2D eigenvalue weighted by molar-refractivity contribution is 0.0949. The van der Waals surface area contributed by atoms with Crippen molar-refractivity contribution in [3.05, 3.63) is 62.7 Å². The third-order valence-electron chi connectivity index (χ3n) is 4.26. The number of thiophene rings is 1. The lowest BCUT2D eigenvalue weighted by Gasteiger charge is -2.10. The highest BCUT2D eigenvalue weighted by atomic mass is 32.1. The highest BCUT2D eigenvalue weighted by Gasteiger charge is 2.16. The molecule has 0 spiro atoms. The molecule has 0 saturated carbocycles. The number of hydrogen-bond donors (Lipinski definition) is 1. The summed E-state index contributed by atoms with van der Waals surface area (Å²) in [6, 6.07) is 10.9. The zero-order valence-corrected chi connectivity index (χ0v) is 16.3. The lowest BCUT2D eigenvalue weighted by Crippen LogP contribution is -2.29. The summed E-state index contributed by atoms with van der Waals surface area (Å²) < 4.78 is 1.39. The SMILES string of the molecule is CCCCCn1nc(C(=O)N/N=C(/C)c2cccs2)c2ccccc2c1=O. The van der Waals surface area contributed by atoms with E-state index in [1.54, 1.807) is 35.6 Å². The number of nitrogens with zero attached hydrogens (tertiary/aromatic N) is 3. The van der Waals surface area contributed by atoms with E-state index in [0.29, 0.717) is 17.3 Å². The molecule has 1 amide bonds. The Kier molecular flexibility index (Phi) is 6.13. The van der Waals surface area contributed by atoms with Crippen LogP contribution in [0.5, 0.6) is 0 Å². The molecular formula is C20H22N4O2S. The van der Waals surface area contributed by atoms with Crippen LogP contribution in [0.2, 0.25) is 0 Å². The molecular weight excluding hydrogens is 360 g/mol. The van der Waals surface area contributed by atoms with E-state index in [2.05, 4.69) is 22.5 Å². The third kappa shape index (κ3) is 4.31. The summed E-state index contributed by atoms with van der Waals surface area (Å²) in [6.07, 6.45) is 2.90. The van der Waals surface area contributed by atoms with Crippen molar-refractivity contribution in [2.75, 3.05) is 0 Å². The lowest BCUT2D eigenvalue weighted by atomic mass is 10.1. The fourth-order valence-corrected chi connectivity index (χ4v) is 3.47. The summed E-state index contributed by atoms with van der Waals surface area (Å²) in [5.74, 6) is -0.425. The number of rotatable bonds is 7. The van der Waals surface area contributed by atoms with Gasteiger partial charge in [0.15, 0.2) is 5.69 Å². The van der Waals surface area contributed by atoms with E-state index in [-0.39, 0.29) is 11.3 Å². The molecule has 0 radical (unpaired) electrons. The summed E-state index contributed by atoms with van der Waals surface area (Å²) >= 11 is 1.55. The molecule has 7 heteroatoms. The summed E-state index contributed by atoms with van der Waals surface area (Å²) in [6.45, 7) is 4.43. The molecule has 0 aliphatic rings. The van der Waals surface area contributed by atoms with Gasteiger partial charge >= 0.3 is 0 Å². The van der Waals surface area contributed by atoms with Crippen LogP contribution in [0.15, 0.2) is 51.7 Å². The molecule has 27 heavy (non-hydrogen) atoms. The van der Waals surface area contributed by atoms with Crippen LogP contribution in [0, 0.1) is 0 Å². The average molecular weight is 382 g/mol. The Labute approximate surface area is 161 Å². The summed E-state index contributed by atoms with van der Waals surface area (Å²) in [4.78, 5) is 26.4. The predicted molar refractivity (Wildman–Crippen MR) is 110 cm³/mol. The van der Waals surface area contributed by atoms with E-state index in [4.69, 9.17) is 0 Å². The van der Waals surface area contributed by atoms with Crippen molar-refractivity contribution in [1.29, 1.82) is 0 Å². The first-order valence-corrected chi connectivity index (χ1v) is 9.88. The van der Waals surface area contributed by atoms with Crippen LogP contribution in [0.4, 0.5) is 0 Å². The van der Waals surface area contributed by atoms with Crippen LogP contribution in [-0.4, -0.2) is 21.4 Å². The summed E-state index contributed by atoms with van der Waals surface area (Å²) in [5, 5.41) is 11.5. The molecule has 3 rings (SSSR count). The first-order valence-electron chi connectivity index (χ1n) is 9.00. The Bertz CT molecular complexity index is 1020. The number of aryl methyl sites for hydroxylation is 1. The molecule has 0 aliphatic heterocycles. The third-order valence-corrected chi connectivity index (χ3v) is 5.24. The van der Waals surface area contributed by atoms with Gasteiger partial charge in [0.2, 0.25) is 0 Å². The Morgan fingerprint density at radius 3 is 2.67 bits per heavy atom. The quantitative estimate of drug-likeness (QED) is 0.384. The molecule has 2 heterocycles. The van der Waals surface area contributed by atoms with Crippen molar-refractivity contribution in [3.63, 3.8) is 0 Å². The summed E-state index contributed by atoms with van der Waals surface area (Å²) in [5.41, 5.74) is 3.33. The molecule has 0 saturated heterocycles. The van der Waals surface area contributed by atoms with E-state index in [9.17, 15) is 9.59 Å². The fraction of sp³-hybridized carbons (Fsp3) is 0.300. The number of hydrogen-bond acceptors (Lipinski definition) is 5. The highest BCUT2D eigenvalue weighted by molar-refractivity contribution is 7.12. The van der Waals surface area contributed by atoms with Crippen LogP contribution in [0.3, 0.4) is 0 Å². The fourth-order valence-electron chi connectivity index (χ4n) is 2.79. The number of unbranched alkanes of at least 4 members (excludes halogenated alkanes) is 2. The minimum atomic E-state index is -0.425. The van der Waals surface area contributed by atoms with Gasteiger partial charge < -0.3 is 0 Å². The van der Waals surface area contributed by atoms with Crippen molar-refractivity contribution in [1.82, 2.24) is 15.2 Å². The van der Waals surface area contributed by atoms with Gasteiger partial charge in [-0.25, -0.2) is 10.1 Å². The average Bonchev–Trinajstić information content (AvgIpc) is 3.23. The topological polar surface area (TPSA) is 76.3 Å². The van der Waals surface area contributed by atoms with Gasteiger partial charge in [-0.3, -0.25) is 9.59 Å². The van der Waals surface area contributed by atoms with Gasteiger partial charge in [0.25, 0.3) is 11.5 Å². The molecule has 140 valence electrons. The van der Waals surface area contributed by atoms with Crippen LogP contribution < -0.4 is 11.0 Å². The van der Waals surface area contributed by atoms with E-state index in [1.807, 2.05) is 24.4 Å². The molecule has 0 atom stereocenters. The Morgan fingerprint density at radius 2 is 1.96 bits per heavy atom. The number of aromatic nitrogens is 2. The highest BCUT2D eigenvalue weighted by Crippen LogP contribution is 2.14. The smallest absolute Gasteiger partial charge is 0.267 e. The van der Waals surface area contributed by atoms with E-state index >= 15 is 0 Å². The molecule has 3 aromatic rings. The van der Waals surface area contributed by atoms with Crippen molar-refractivity contribution < 1.29 is 4.79 Å². The number of hydrazone groups is 1. The van der Waals surface area contributed by atoms with E-state index in [1.165, 1.54) is 4.68 Å². The minimum absolute atomic E-state index is 0.170. The van der Waals surface area contributed by atoms with Gasteiger partial charge in [0.1, 0.15) is 0 Å². The Hall–Kier alpha value is -2.80. The monoisotopic (exact) mass is 382 g/mol. The van der Waals surface area contributed by atoms with Crippen LogP contribution in [0.1, 0.15) is 48.5 Å². The van der Waals surface area contributed by atoms with Gasteiger partial charge in [-0.1, -0.05) is 44.0 Å². The van der Waals surface area contributed by atoms with Crippen molar-refractivity contribution in [2.24, 2.45) is 5.10 Å². The number of amides is 1. The van der Waals surface area contributed by atoms with Gasteiger partial charge in [0, 0.05) is 16.8 Å². The first-order chi connectivity index (χ1) is 13.1. The number of carbonyl (C=O) groups excluding carboxylic acids is 1. The first kappa shape index (κ1) is 19.0. The molecule has 6 nitrogen and oxygen atoms in total. The zero-order valence-electron chi connectivity index (χ0n) is 15.4. The van der Waals surface area contributed by atoms with E-state index < -0.39 is 5.91 Å². The number of fused-ring (bicyclic) bond motifs is 1. The minimum Gasteiger partial charge on any atom is -0.267 e.